The maximum atomic E-state index is 12.0. The van der Waals surface area contributed by atoms with Gasteiger partial charge in [-0.3, -0.25) is 4.21 Å². The lowest BCUT2D eigenvalue weighted by molar-refractivity contribution is 0.552. The van der Waals surface area contributed by atoms with Crippen molar-refractivity contribution in [2.24, 2.45) is 0 Å². The predicted octanol–water partition coefficient (Wildman–Crippen LogP) is 2.78. The van der Waals surface area contributed by atoms with Gasteiger partial charge >= 0.3 is 0 Å². The Labute approximate surface area is 110 Å². The zero-order valence-electron chi connectivity index (χ0n) is 9.33. The predicted molar refractivity (Wildman–Crippen MR) is 72.9 cm³/mol. The van der Waals surface area contributed by atoms with Crippen LogP contribution in [0.1, 0.15) is 5.89 Å². The minimum Gasteiger partial charge on any atom is -0.440 e. The fraction of sp³-hybridized carbons (Fsp3) is 0.0833. The van der Waals surface area contributed by atoms with Crippen LogP contribution in [0, 0.1) is 0 Å². The van der Waals surface area contributed by atoms with Crippen molar-refractivity contribution in [1.29, 1.82) is 0 Å². The maximum Gasteiger partial charge on any atom is 0.208 e. The Kier molecular flexibility index (Phi) is 2.89. The van der Waals surface area contributed by atoms with Crippen molar-refractivity contribution in [2.75, 3.05) is 5.73 Å². The molecule has 0 aliphatic heterocycles. The summed E-state index contributed by atoms with van der Waals surface area (Å²) in [6.45, 7) is 0. The Balaban J connectivity index is 1.89. The third-order valence-electron chi connectivity index (χ3n) is 2.43. The van der Waals surface area contributed by atoms with Gasteiger partial charge in [0.1, 0.15) is 11.3 Å². The van der Waals surface area contributed by atoms with Crippen molar-refractivity contribution in [3.05, 3.63) is 41.6 Å². The van der Waals surface area contributed by atoms with E-state index in [1.807, 2.05) is 17.5 Å². The molecule has 0 spiro atoms. The topological polar surface area (TPSA) is 69.1 Å². The van der Waals surface area contributed by atoms with E-state index in [0.29, 0.717) is 22.7 Å². The summed E-state index contributed by atoms with van der Waals surface area (Å²) in [5, 5.41) is 1.90. The summed E-state index contributed by atoms with van der Waals surface area (Å²) >= 11 is 1.47. The normalized spacial score (nSPS) is 12.9. The molecule has 0 saturated carbocycles. The van der Waals surface area contributed by atoms with Gasteiger partial charge < -0.3 is 10.2 Å². The summed E-state index contributed by atoms with van der Waals surface area (Å²) in [6, 6.07) is 9.01. The van der Waals surface area contributed by atoms with Gasteiger partial charge in [-0.05, 0) is 29.6 Å². The van der Waals surface area contributed by atoms with Crippen molar-refractivity contribution < 1.29 is 8.63 Å². The molecule has 3 aromatic rings. The molecule has 1 unspecified atom stereocenters. The fourth-order valence-electron chi connectivity index (χ4n) is 1.63. The third-order valence-corrected chi connectivity index (χ3v) is 5.03. The van der Waals surface area contributed by atoms with E-state index in [9.17, 15) is 4.21 Å². The number of thiophene rings is 1. The van der Waals surface area contributed by atoms with E-state index in [4.69, 9.17) is 10.2 Å². The molecule has 2 heterocycles. The smallest absolute Gasteiger partial charge is 0.208 e. The van der Waals surface area contributed by atoms with Crippen LogP contribution in [0.25, 0.3) is 11.1 Å². The second-order valence-corrected chi connectivity index (χ2v) is 6.38. The molecule has 0 saturated heterocycles. The van der Waals surface area contributed by atoms with E-state index >= 15 is 0 Å². The van der Waals surface area contributed by atoms with Crippen LogP contribution in [0.4, 0.5) is 5.69 Å². The van der Waals surface area contributed by atoms with Crippen LogP contribution in [0.3, 0.4) is 0 Å². The summed E-state index contributed by atoms with van der Waals surface area (Å²) < 4.78 is 18.4. The Morgan fingerprint density at radius 3 is 3.06 bits per heavy atom. The van der Waals surface area contributed by atoms with Gasteiger partial charge in [0.05, 0.1) is 15.0 Å². The number of fused-ring (bicyclic) bond motifs is 1. The van der Waals surface area contributed by atoms with E-state index in [0.717, 1.165) is 4.21 Å². The highest BCUT2D eigenvalue weighted by Gasteiger charge is 2.12. The monoisotopic (exact) mass is 278 g/mol. The van der Waals surface area contributed by atoms with Crippen LogP contribution in [-0.2, 0) is 16.6 Å². The molecule has 0 aliphatic carbocycles. The second kappa shape index (κ2) is 4.55. The number of rotatable bonds is 3. The molecule has 3 rings (SSSR count). The molecular formula is C12H10N2O2S2. The van der Waals surface area contributed by atoms with Gasteiger partial charge in [-0.2, -0.15) is 0 Å². The summed E-state index contributed by atoms with van der Waals surface area (Å²) in [4.78, 5) is 4.29. The number of nitrogens with two attached hydrogens (primary N) is 1. The first-order chi connectivity index (χ1) is 8.72. The van der Waals surface area contributed by atoms with Crippen LogP contribution < -0.4 is 5.73 Å². The molecule has 92 valence electrons. The average molecular weight is 278 g/mol. The van der Waals surface area contributed by atoms with Gasteiger partial charge in [0, 0.05) is 5.69 Å². The minimum absolute atomic E-state index is 0.287. The van der Waals surface area contributed by atoms with Crippen molar-refractivity contribution >= 4 is 38.9 Å². The molecule has 1 aromatic carbocycles. The Morgan fingerprint density at radius 2 is 2.28 bits per heavy atom. The number of nitrogens with zero attached hydrogens (tertiary/aromatic N) is 1. The van der Waals surface area contributed by atoms with Gasteiger partial charge in [-0.25, -0.2) is 4.98 Å². The first kappa shape index (κ1) is 11.4. The molecular weight excluding hydrogens is 268 g/mol. The minimum atomic E-state index is -1.10. The highest BCUT2D eigenvalue weighted by atomic mass is 32.2. The van der Waals surface area contributed by atoms with Crippen LogP contribution in [0.15, 0.2) is 44.3 Å². The number of hydrogen-bond donors (Lipinski definition) is 1. The van der Waals surface area contributed by atoms with Crippen LogP contribution >= 0.6 is 11.3 Å². The number of aromatic nitrogens is 1. The molecule has 0 fully saturated rings. The van der Waals surface area contributed by atoms with Gasteiger partial charge in [0.15, 0.2) is 5.58 Å². The lowest BCUT2D eigenvalue weighted by Crippen LogP contribution is -1.93. The quantitative estimate of drug-likeness (QED) is 0.748. The van der Waals surface area contributed by atoms with Crippen molar-refractivity contribution in [2.45, 2.75) is 9.96 Å². The number of benzene rings is 1. The standard InChI is InChI=1S/C12H10N2O2S2/c13-8-3-4-10-9(6-8)14-11(16-10)7-18(15)12-2-1-5-17-12/h1-6H,7,13H2. The zero-order chi connectivity index (χ0) is 12.5. The second-order valence-electron chi connectivity index (χ2n) is 3.76. The third kappa shape index (κ3) is 2.16. The molecule has 0 bridgehead atoms. The maximum absolute atomic E-state index is 12.0. The Morgan fingerprint density at radius 1 is 1.39 bits per heavy atom. The summed E-state index contributed by atoms with van der Waals surface area (Å²) in [5.41, 5.74) is 7.68. The van der Waals surface area contributed by atoms with E-state index in [1.54, 1.807) is 18.2 Å². The summed E-state index contributed by atoms with van der Waals surface area (Å²) in [5.74, 6) is 0.761. The SMILES string of the molecule is Nc1ccc2oc(CS(=O)c3cccs3)nc2c1. The summed E-state index contributed by atoms with van der Waals surface area (Å²) in [6.07, 6.45) is 0. The fourth-order valence-corrected chi connectivity index (χ4v) is 3.57. The van der Waals surface area contributed by atoms with E-state index < -0.39 is 10.8 Å². The van der Waals surface area contributed by atoms with Gasteiger partial charge in [-0.15, -0.1) is 11.3 Å². The van der Waals surface area contributed by atoms with Crippen LogP contribution in [0.2, 0.25) is 0 Å². The zero-order valence-corrected chi connectivity index (χ0v) is 11.0. The Bertz CT molecular complexity index is 704. The molecule has 6 heteroatoms. The van der Waals surface area contributed by atoms with Gasteiger partial charge in [-0.1, -0.05) is 6.07 Å². The number of nitrogen functional groups attached to an aromatic ring is 1. The van der Waals surface area contributed by atoms with E-state index in [1.165, 1.54) is 11.3 Å². The lowest BCUT2D eigenvalue weighted by atomic mass is 10.3. The van der Waals surface area contributed by atoms with Crippen molar-refractivity contribution in [1.82, 2.24) is 4.98 Å². The molecule has 1 atom stereocenters. The first-order valence-corrected chi connectivity index (χ1v) is 7.49. The summed E-state index contributed by atoms with van der Waals surface area (Å²) in [7, 11) is -1.10. The number of oxazole rings is 1. The first-order valence-electron chi connectivity index (χ1n) is 5.29. The van der Waals surface area contributed by atoms with Gasteiger partial charge in [0.2, 0.25) is 5.89 Å². The van der Waals surface area contributed by atoms with Crippen molar-refractivity contribution in [3.63, 3.8) is 0 Å². The molecule has 0 aliphatic rings. The highest BCUT2D eigenvalue weighted by Crippen LogP contribution is 2.21. The largest absolute Gasteiger partial charge is 0.440 e. The molecule has 0 amide bonds. The van der Waals surface area contributed by atoms with Crippen LogP contribution in [0.5, 0.6) is 0 Å². The number of anilines is 1. The lowest BCUT2D eigenvalue weighted by Gasteiger charge is -1.93. The van der Waals surface area contributed by atoms with Crippen LogP contribution in [-0.4, -0.2) is 9.19 Å². The molecule has 2 N–H and O–H groups in total. The average Bonchev–Trinajstić information content (AvgIpc) is 2.95. The van der Waals surface area contributed by atoms with Gasteiger partial charge in [0.25, 0.3) is 0 Å². The highest BCUT2D eigenvalue weighted by molar-refractivity contribution is 7.86. The molecule has 2 aromatic heterocycles. The van der Waals surface area contributed by atoms with Crippen molar-refractivity contribution in [3.8, 4) is 0 Å². The molecule has 4 nitrogen and oxygen atoms in total. The number of hydrogen-bond acceptors (Lipinski definition) is 5. The molecule has 0 radical (unpaired) electrons. The molecule has 18 heavy (non-hydrogen) atoms. The van der Waals surface area contributed by atoms with E-state index in [-0.39, 0.29) is 5.75 Å². The van der Waals surface area contributed by atoms with E-state index in [2.05, 4.69) is 4.98 Å². The Hall–Kier alpha value is -1.66.